The maximum atomic E-state index is 12.5. The molecule has 1 aliphatic rings. The number of nitrogens with two attached hydrogens (primary N) is 1. The smallest absolute Gasteiger partial charge is 0.410 e. The number of amides is 1. The van der Waals surface area contributed by atoms with E-state index in [0.29, 0.717) is 39.5 Å². The van der Waals surface area contributed by atoms with Gasteiger partial charge in [-0.3, -0.25) is 4.90 Å². The summed E-state index contributed by atoms with van der Waals surface area (Å²) in [6.45, 7) is 2.81. The van der Waals surface area contributed by atoms with Gasteiger partial charge in [0.2, 0.25) is 0 Å². The van der Waals surface area contributed by atoms with Gasteiger partial charge >= 0.3 is 6.09 Å². The Balaban J connectivity index is 1.74. The van der Waals surface area contributed by atoms with Gasteiger partial charge in [-0.15, -0.1) is 0 Å². The molecule has 27 heavy (non-hydrogen) atoms. The molecule has 1 aliphatic carbocycles. The van der Waals surface area contributed by atoms with Crippen molar-refractivity contribution in [3.8, 4) is 11.1 Å². The molecule has 0 radical (unpaired) electrons. The first-order valence-corrected chi connectivity index (χ1v) is 9.16. The lowest BCUT2D eigenvalue weighted by Gasteiger charge is -2.29. The van der Waals surface area contributed by atoms with Crippen molar-refractivity contribution in [2.45, 2.75) is 6.04 Å². The molecule has 0 bridgehead atoms. The van der Waals surface area contributed by atoms with Gasteiger partial charge in [0.05, 0.1) is 39.6 Å². The Bertz CT molecular complexity index is 720. The SMILES string of the molecule is COC(=O)N(CCOCCOCCN)C1c2ccccc2-c2ccccc21. The zero-order valence-electron chi connectivity index (χ0n) is 15.6. The van der Waals surface area contributed by atoms with E-state index in [4.69, 9.17) is 19.9 Å². The average molecular weight is 370 g/mol. The van der Waals surface area contributed by atoms with Crippen LogP contribution < -0.4 is 5.73 Å². The van der Waals surface area contributed by atoms with Crippen LogP contribution in [0.4, 0.5) is 4.79 Å². The van der Waals surface area contributed by atoms with Gasteiger partial charge in [0.25, 0.3) is 0 Å². The van der Waals surface area contributed by atoms with E-state index in [1.807, 2.05) is 24.3 Å². The Hall–Kier alpha value is -2.41. The van der Waals surface area contributed by atoms with Crippen molar-refractivity contribution in [3.63, 3.8) is 0 Å². The van der Waals surface area contributed by atoms with Crippen LogP contribution >= 0.6 is 0 Å². The van der Waals surface area contributed by atoms with Crippen molar-refractivity contribution in [3.05, 3.63) is 59.7 Å². The summed E-state index contributed by atoms with van der Waals surface area (Å²) in [5, 5.41) is 0. The van der Waals surface area contributed by atoms with Crippen molar-refractivity contribution in [1.82, 2.24) is 4.90 Å². The lowest BCUT2D eigenvalue weighted by Crippen LogP contribution is -2.37. The maximum Gasteiger partial charge on any atom is 0.410 e. The van der Waals surface area contributed by atoms with Crippen LogP contribution in [0.3, 0.4) is 0 Å². The van der Waals surface area contributed by atoms with E-state index < -0.39 is 0 Å². The quantitative estimate of drug-likeness (QED) is 0.687. The number of benzene rings is 2. The second-order valence-electron chi connectivity index (χ2n) is 6.25. The summed E-state index contributed by atoms with van der Waals surface area (Å²) in [6.07, 6.45) is -0.366. The molecule has 0 spiro atoms. The average Bonchev–Trinajstić information content (AvgIpc) is 3.04. The Kier molecular flexibility index (Phi) is 6.81. The van der Waals surface area contributed by atoms with Crippen LogP contribution in [0.2, 0.25) is 0 Å². The summed E-state index contributed by atoms with van der Waals surface area (Å²) < 4.78 is 16.0. The maximum absolute atomic E-state index is 12.5. The minimum atomic E-state index is -0.366. The molecule has 3 rings (SSSR count). The topological polar surface area (TPSA) is 74.0 Å². The fourth-order valence-corrected chi connectivity index (χ4v) is 3.48. The van der Waals surface area contributed by atoms with E-state index in [9.17, 15) is 4.79 Å². The highest BCUT2D eigenvalue weighted by atomic mass is 16.5. The molecule has 2 N–H and O–H groups in total. The van der Waals surface area contributed by atoms with E-state index >= 15 is 0 Å². The molecular weight excluding hydrogens is 344 g/mol. The number of carbonyl (C=O) groups excluding carboxylic acids is 1. The highest BCUT2D eigenvalue weighted by Crippen LogP contribution is 2.46. The van der Waals surface area contributed by atoms with Crippen LogP contribution in [0.5, 0.6) is 0 Å². The molecule has 1 amide bonds. The van der Waals surface area contributed by atoms with Gasteiger partial charge in [-0.05, 0) is 22.3 Å². The minimum absolute atomic E-state index is 0.179. The van der Waals surface area contributed by atoms with Gasteiger partial charge in [-0.25, -0.2) is 4.79 Å². The van der Waals surface area contributed by atoms with E-state index in [-0.39, 0.29) is 12.1 Å². The summed E-state index contributed by atoms with van der Waals surface area (Å²) in [5.41, 5.74) is 9.91. The van der Waals surface area contributed by atoms with E-state index in [2.05, 4.69) is 24.3 Å². The highest BCUT2D eigenvalue weighted by Gasteiger charge is 2.35. The van der Waals surface area contributed by atoms with Crippen molar-refractivity contribution < 1.29 is 19.0 Å². The second kappa shape index (κ2) is 9.50. The molecule has 0 atom stereocenters. The van der Waals surface area contributed by atoms with Crippen molar-refractivity contribution in [1.29, 1.82) is 0 Å². The van der Waals surface area contributed by atoms with Gasteiger partial charge in [0, 0.05) is 13.1 Å². The van der Waals surface area contributed by atoms with Gasteiger partial charge in [0.1, 0.15) is 0 Å². The van der Waals surface area contributed by atoms with Crippen LogP contribution in [0.15, 0.2) is 48.5 Å². The number of carbonyl (C=O) groups is 1. The summed E-state index contributed by atoms with van der Waals surface area (Å²) in [7, 11) is 1.41. The Morgan fingerprint density at radius 1 is 0.926 bits per heavy atom. The standard InChI is InChI=1S/C21H26N2O4/c1-25-21(24)23(11-13-27-15-14-26-12-10-22)20-18-8-4-2-6-16(18)17-7-3-5-9-19(17)20/h2-9,20H,10-15,22H2,1H3. The first-order valence-electron chi connectivity index (χ1n) is 9.16. The summed E-state index contributed by atoms with van der Waals surface area (Å²) in [5.74, 6) is 0. The molecule has 6 heteroatoms. The molecule has 2 aromatic carbocycles. The lowest BCUT2D eigenvalue weighted by atomic mass is 10.0. The number of methoxy groups -OCH3 is 1. The molecule has 0 aliphatic heterocycles. The third kappa shape index (κ3) is 4.30. The number of ether oxygens (including phenoxy) is 3. The van der Waals surface area contributed by atoms with Crippen LogP contribution in [-0.4, -0.2) is 57.6 Å². The third-order valence-corrected chi connectivity index (χ3v) is 4.63. The molecular formula is C21H26N2O4. The van der Waals surface area contributed by atoms with E-state index in [0.717, 1.165) is 22.3 Å². The van der Waals surface area contributed by atoms with E-state index in [1.54, 1.807) is 4.90 Å². The molecule has 0 heterocycles. The van der Waals surface area contributed by atoms with Gasteiger partial charge in [-0.1, -0.05) is 48.5 Å². The fourth-order valence-electron chi connectivity index (χ4n) is 3.48. The van der Waals surface area contributed by atoms with Crippen LogP contribution in [0.25, 0.3) is 11.1 Å². The first kappa shape index (κ1) is 19.4. The van der Waals surface area contributed by atoms with E-state index in [1.165, 1.54) is 7.11 Å². The summed E-state index contributed by atoms with van der Waals surface area (Å²) in [4.78, 5) is 14.3. The van der Waals surface area contributed by atoms with Crippen molar-refractivity contribution in [2.24, 2.45) is 5.73 Å². The van der Waals surface area contributed by atoms with Crippen molar-refractivity contribution in [2.75, 3.05) is 46.6 Å². The Morgan fingerprint density at radius 2 is 1.48 bits per heavy atom. The molecule has 6 nitrogen and oxygen atoms in total. The van der Waals surface area contributed by atoms with Crippen molar-refractivity contribution >= 4 is 6.09 Å². The predicted octanol–water partition coefficient (Wildman–Crippen LogP) is 2.82. The first-order chi connectivity index (χ1) is 13.3. The monoisotopic (exact) mass is 370 g/mol. The fraction of sp³-hybridized carbons (Fsp3) is 0.381. The molecule has 0 fully saturated rings. The van der Waals surface area contributed by atoms with Gasteiger partial charge in [-0.2, -0.15) is 0 Å². The molecule has 0 saturated carbocycles. The predicted molar refractivity (Wildman–Crippen MR) is 104 cm³/mol. The van der Waals surface area contributed by atoms with Crippen LogP contribution in [-0.2, 0) is 14.2 Å². The molecule has 0 saturated heterocycles. The molecule has 144 valence electrons. The number of hydrogen-bond acceptors (Lipinski definition) is 5. The third-order valence-electron chi connectivity index (χ3n) is 4.63. The largest absolute Gasteiger partial charge is 0.453 e. The Morgan fingerprint density at radius 3 is 2.04 bits per heavy atom. The molecule has 0 unspecified atom stereocenters. The summed E-state index contributed by atoms with van der Waals surface area (Å²) >= 11 is 0. The van der Waals surface area contributed by atoms with Crippen LogP contribution in [0, 0.1) is 0 Å². The van der Waals surface area contributed by atoms with Crippen LogP contribution in [0.1, 0.15) is 17.2 Å². The number of fused-ring (bicyclic) bond motifs is 3. The second-order valence-corrected chi connectivity index (χ2v) is 6.25. The number of nitrogens with zero attached hydrogens (tertiary/aromatic N) is 1. The highest BCUT2D eigenvalue weighted by molar-refractivity contribution is 5.81. The summed E-state index contributed by atoms with van der Waals surface area (Å²) in [6, 6.07) is 16.2. The number of hydrogen-bond donors (Lipinski definition) is 1. The molecule has 2 aromatic rings. The number of rotatable bonds is 9. The van der Waals surface area contributed by atoms with Gasteiger partial charge < -0.3 is 19.9 Å². The zero-order chi connectivity index (χ0) is 19.1. The Labute approximate surface area is 159 Å². The minimum Gasteiger partial charge on any atom is -0.453 e. The normalized spacial score (nSPS) is 12.5. The zero-order valence-corrected chi connectivity index (χ0v) is 15.6. The molecule has 0 aromatic heterocycles. The lowest BCUT2D eigenvalue weighted by molar-refractivity contribution is 0.0362. The van der Waals surface area contributed by atoms with Gasteiger partial charge in [0.15, 0.2) is 0 Å².